The number of aromatic nitrogens is 3. The third kappa shape index (κ3) is 2.85. The molecule has 19 heavy (non-hydrogen) atoms. The lowest BCUT2D eigenvalue weighted by atomic mass is 10.3. The monoisotopic (exact) mass is 259 g/mol. The third-order valence-electron chi connectivity index (χ3n) is 3.28. The summed E-state index contributed by atoms with van der Waals surface area (Å²) in [7, 11) is 0. The average molecular weight is 259 g/mol. The second kappa shape index (κ2) is 5.27. The van der Waals surface area contributed by atoms with Crippen molar-refractivity contribution >= 4 is 11.6 Å². The zero-order valence-electron chi connectivity index (χ0n) is 10.6. The highest BCUT2D eigenvalue weighted by Gasteiger charge is 2.21. The Morgan fingerprint density at radius 1 is 1.47 bits per heavy atom. The number of nitrogens with one attached hydrogen (secondary N) is 2. The number of aliphatic hydroxyl groups excluding tert-OH is 1. The van der Waals surface area contributed by atoms with Crippen molar-refractivity contribution in [1.82, 2.24) is 15.0 Å². The minimum atomic E-state index is -0.244. The molecule has 6 nitrogen and oxygen atoms in total. The van der Waals surface area contributed by atoms with Crippen LogP contribution in [-0.2, 0) is 6.54 Å². The Labute approximate surface area is 111 Å². The maximum absolute atomic E-state index is 9.55. The van der Waals surface area contributed by atoms with E-state index in [0.717, 1.165) is 31.1 Å². The van der Waals surface area contributed by atoms with Gasteiger partial charge in [-0.15, -0.1) is 0 Å². The quantitative estimate of drug-likeness (QED) is 0.763. The van der Waals surface area contributed by atoms with Gasteiger partial charge in [0, 0.05) is 38.1 Å². The molecule has 0 aromatic carbocycles. The fourth-order valence-corrected chi connectivity index (χ4v) is 2.23. The van der Waals surface area contributed by atoms with E-state index in [0.29, 0.717) is 6.54 Å². The van der Waals surface area contributed by atoms with Crippen molar-refractivity contribution in [3.8, 4) is 0 Å². The minimum Gasteiger partial charge on any atom is -0.391 e. The van der Waals surface area contributed by atoms with Crippen LogP contribution in [0.1, 0.15) is 12.0 Å². The molecule has 1 fully saturated rings. The van der Waals surface area contributed by atoms with Crippen LogP contribution in [0.2, 0.25) is 0 Å². The Balaban J connectivity index is 1.66. The summed E-state index contributed by atoms with van der Waals surface area (Å²) in [6.07, 6.45) is 5.96. The van der Waals surface area contributed by atoms with Crippen molar-refractivity contribution in [2.24, 2.45) is 0 Å². The Hall–Kier alpha value is -2.08. The molecule has 3 N–H and O–H groups in total. The summed E-state index contributed by atoms with van der Waals surface area (Å²) in [5.41, 5.74) is 1.18. The summed E-state index contributed by atoms with van der Waals surface area (Å²) in [5, 5.41) is 12.8. The molecule has 1 saturated heterocycles. The molecule has 1 aliphatic rings. The Morgan fingerprint density at radius 3 is 3.16 bits per heavy atom. The highest BCUT2D eigenvalue weighted by atomic mass is 16.3. The van der Waals surface area contributed by atoms with E-state index in [1.165, 1.54) is 5.56 Å². The normalized spacial score (nSPS) is 18.8. The fourth-order valence-electron chi connectivity index (χ4n) is 2.23. The number of aromatic amines is 1. The van der Waals surface area contributed by atoms with E-state index in [1.807, 2.05) is 24.5 Å². The van der Waals surface area contributed by atoms with E-state index in [2.05, 4.69) is 25.2 Å². The number of rotatable bonds is 4. The molecule has 2 aromatic heterocycles. The van der Waals surface area contributed by atoms with Gasteiger partial charge in [-0.2, -0.15) is 0 Å². The van der Waals surface area contributed by atoms with Crippen molar-refractivity contribution in [2.75, 3.05) is 23.3 Å². The molecule has 0 bridgehead atoms. The largest absolute Gasteiger partial charge is 0.391 e. The van der Waals surface area contributed by atoms with Gasteiger partial charge >= 0.3 is 0 Å². The smallest absolute Gasteiger partial charge is 0.134 e. The van der Waals surface area contributed by atoms with E-state index in [-0.39, 0.29) is 6.10 Å². The summed E-state index contributed by atoms with van der Waals surface area (Å²) >= 11 is 0. The molecule has 0 amide bonds. The first-order valence-corrected chi connectivity index (χ1v) is 6.42. The molecular formula is C13H17N5O. The van der Waals surface area contributed by atoms with Crippen LogP contribution >= 0.6 is 0 Å². The van der Waals surface area contributed by atoms with Gasteiger partial charge in [-0.3, -0.25) is 0 Å². The molecule has 2 aromatic rings. The molecule has 0 aliphatic carbocycles. The van der Waals surface area contributed by atoms with Crippen molar-refractivity contribution in [3.63, 3.8) is 0 Å². The Kier molecular flexibility index (Phi) is 3.33. The zero-order chi connectivity index (χ0) is 13.1. The Morgan fingerprint density at radius 2 is 2.42 bits per heavy atom. The maximum Gasteiger partial charge on any atom is 0.134 e. The molecule has 1 aliphatic heterocycles. The van der Waals surface area contributed by atoms with Gasteiger partial charge in [0.25, 0.3) is 0 Å². The second-order valence-electron chi connectivity index (χ2n) is 4.72. The first kappa shape index (κ1) is 12.0. The third-order valence-corrected chi connectivity index (χ3v) is 3.28. The predicted octanol–water partition coefficient (Wildman–Crippen LogP) is 0.988. The molecule has 0 radical (unpaired) electrons. The summed E-state index contributed by atoms with van der Waals surface area (Å²) in [4.78, 5) is 13.6. The van der Waals surface area contributed by atoms with Crippen molar-refractivity contribution < 1.29 is 5.11 Å². The summed E-state index contributed by atoms with van der Waals surface area (Å²) in [5.74, 6) is 1.66. The van der Waals surface area contributed by atoms with Gasteiger partial charge in [-0.05, 0) is 18.1 Å². The topological polar surface area (TPSA) is 77.1 Å². The van der Waals surface area contributed by atoms with Gasteiger partial charge in [0.1, 0.15) is 18.0 Å². The summed E-state index contributed by atoms with van der Waals surface area (Å²) in [6.45, 7) is 2.21. The van der Waals surface area contributed by atoms with Crippen LogP contribution in [0.4, 0.5) is 11.6 Å². The minimum absolute atomic E-state index is 0.244. The van der Waals surface area contributed by atoms with E-state index in [4.69, 9.17) is 0 Å². The van der Waals surface area contributed by atoms with Crippen LogP contribution in [0.15, 0.2) is 30.9 Å². The molecule has 0 saturated carbocycles. The second-order valence-corrected chi connectivity index (χ2v) is 4.72. The van der Waals surface area contributed by atoms with Gasteiger partial charge < -0.3 is 20.3 Å². The predicted molar refractivity (Wildman–Crippen MR) is 73.0 cm³/mol. The van der Waals surface area contributed by atoms with Gasteiger partial charge in [0.05, 0.1) is 6.10 Å². The highest BCUT2D eigenvalue weighted by molar-refractivity contribution is 5.49. The van der Waals surface area contributed by atoms with E-state index in [1.54, 1.807) is 6.33 Å². The lowest BCUT2D eigenvalue weighted by molar-refractivity contribution is 0.198. The summed E-state index contributed by atoms with van der Waals surface area (Å²) < 4.78 is 0. The number of nitrogens with zero attached hydrogens (tertiary/aromatic N) is 3. The molecular weight excluding hydrogens is 242 g/mol. The van der Waals surface area contributed by atoms with Crippen molar-refractivity contribution in [1.29, 1.82) is 0 Å². The molecule has 3 rings (SSSR count). The van der Waals surface area contributed by atoms with Gasteiger partial charge in [0.15, 0.2) is 0 Å². The molecule has 6 heteroatoms. The zero-order valence-corrected chi connectivity index (χ0v) is 10.6. The first-order valence-electron chi connectivity index (χ1n) is 6.42. The standard InChI is InChI=1S/C13H17N5O/c19-11-2-4-18(8-11)13-5-12(16-9-17-13)15-7-10-1-3-14-6-10/h1,3,5-6,9,11,14,19H,2,4,7-8H2,(H,15,16,17). The first-order chi connectivity index (χ1) is 9.31. The Bertz CT molecular complexity index is 528. The van der Waals surface area contributed by atoms with Crippen LogP contribution < -0.4 is 10.2 Å². The number of aliphatic hydroxyl groups is 1. The molecule has 3 heterocycles. The van der Waals surface area contributed by atoms with Crippen LogP contribution in [0.3, 0.4) is 0 Å². The lowest BCUT2D eigenvalue weighted by Crippen LogP contribution is -2.22. The number of anilines is 2. The molecule has 1 atom stereocenters. The van der Waals surface area contributed by atoms with Crippen LogP contribution in [0.25, 0.3) is 0 Å². The number of hydrogen-bond donors (Lipinski definition) is 3. The van der Waals surface area contributed by atoms with Gasteiger partial charge in [0.2, 0.25) is 0 Å². The molecule has 0 spiro atoms. The lowest BCUT2D eigenvalue weighted by Gasteiger charge is -2.16. The number of H-pyrrole nitrogens is 1. The fraction of sp³-hybridized carbons (Fsp3) is 0.385. The highest BCUT2D eigenvalue weighted by Crippen LogP contribution is 2.19. The van der Waals surface area contributed by atoms with Crippen molar-refractivity contribution in [3.05, 3.63) is 36.4 Å². The molecule has 1 unspecified atom stereocenters. The van der Waals surface area contributed by atoms with Crippen LogP contribution in [0.5, 0.6) is 0 Å². The number of β-amino-alcohol motifs (C(OH)–C–C–N with tert-alkyl or cyclic N) is 1. The van der Waals surface area contributed by atoms with E-state index >= 15 is 0 Å². The van der Waals surface area contributed by atoms with Crippen molar-refractivity contribution in [2.45, 2.75) is 19.1 Å². The van der Waals surface area contributed by atoms with E-state index < -0.39 is 0 Å². The van der Waals surface area contributed by atoms with Crippen LogP contribution in [-0.4, -0.2) is 39.3 Å². The van der Waals surface area contributed by atoms with E-state index in [9.17, 15) is 5.11 Å². The number of hydrogen-bond acceptors (Lipinski definition) is 5. The summed E-state index contributed by atoms with van der Waals surface area (Å²) in [6, 6.07) is 3.94. The van der Waals surface area contributed by atoms with Gasteiger partial charge in [-0.25, -0.2) is 9.97 Å². The average Bonchev–Trinajstić information content (AvgIpc) is 3.08. The van der Waals surface area contributed by atoms with Crippen LogP contribution in [0, 0.1) is 0 Å². The maximum atomic E-state index is 9.55. The molecule has 100 valence electrons. The SMILES string of the molecule is OC1CCN(c2cc(NCc3cc[nH]c3)ncn2)C1. The van der Waals surface area contributed by atoms with Gasteiger partial charge in [-0.1, -0.05) is 0 Å².